The molecule has 0 heterocycles. The van der Waals surface area contributed by atoms with Gasteiger partial charge in [0, 0.05) is 0 Å². The molecule has 0 radical (unpaired) electrons. The summed E-state index contributed by atoms with van der Waals surface area (Å²) < 4.78 is 0. The summed E-state index contributed by atoms with van der Waals surface area (Å²) in [5.41, 5.74) is 25.4. The van der Waals surface area contributed by atoms with E-state index in [9.17, 15) is 0 Å². The molecule has 0 amide bonds. The fraction of sp³-hybridized carbons (Fsp3) is 0.0847. The van der Waals surface area contributed by atoms with Crippen molar-refractivity contribution < 1.29 is 0 Å². The topological polar surface area (TPSA) is 0 Å². The molecule has 4 aliphatic carbocycles. The third kappa shape index (κ3) is 3.73. The van der Waals surface area contributed by atoms with Gasteiger partial charge < -0.3 is 0 Å². The first-order chi connectivity index (χ1) is 28.9. The number of hydrogen-bond acceptors (Lipinski definition) is 0. The first-order valence-corrected chi connectivity index (χ1v) is 21.1. The Morgan fingerprint density at radius 2 is 0.864 bits per heavy atom. The molecule has 0 saturated heterocycles. The molecule has 0 aliphatic heterocycles. The second-order valence-electron chi connectivity index (χ2n) is 18.3. The van der Waals surface area contributed by atoms with Crippen LogP contribution >= 0.6 is 0 Å². The predicted octanol–water partition coefficient (Wildman–Crippen LogP) is 15.7. The van der Waals surface area contributed by atoms with Crippen molar-refractivity contribution in [1.29, 1.82) is 0 Å². The van der Waals surface area contributed by atoms with Gasteiger partial charge in [-0.25, -0.2) is 0 Å². The molecule has 0 aromatic heterocycles. The molecule has 10 aromatic rings. The van der Waals surface area contributed by atoms with E-state index in [1.807, 2.05) is 0 Å². The maximum absolute atomic E-state index is 2.61. The van der Waals surface area contributed by atoms with Crippen LogP contribution in [0.3, 0.4) is 0 Å². The van der Waals surface area contributed by atoms with E-state index in [-0.39, 0.29) is 5.41 Å². The van der Waals surface area contributed by atoms with Crippen LogP contribution in [-0.2, 0) is 10.8 Å². The third-order valence-corrected chi connectivity index (χ3v) is 14.5. The van der Waals surface area contributed by atoms with Crippen LogP contribution in [0.1, 0.15) is 48.6 Å². The van der Waals surface area contributed by atoms with Gasteiger partial charge in [-0.1, -0.05) is 178 Å². The Kier molecular flexibility index (Phi) is 5.81. The molecular weight excluding hydrogens is 709 g/mol. The van der Waals surface area contributed by atoms with Crippen LogP contribution in [0.2, 0.25) is 0 Å². The number of benzene rings is 10. The highest BCUT2D eigenvalue weighted by Crippen LogP contribution is 2.66. The molecule has 14 rings (SSSR count). The van der Waals surface area contributed by atoms with Crippen LogP contribution in [0.5, 0.6) is 0 Å². The summed E-state index contributed by atoms with van der Waals surface area (Å²) in [6, 6.07) is 67.8. The molecule has 10 aromatic carbocycles. The lowest BCUT2D eigenvalue weighted by atomic mass is 9.70. The minimum atomic E-state index is -0.401. The van der Waals surface area contributed by atoms with Gasteiger partial charge in [0.05, 0.1) is 5.41 Å². The standard InChI is InChI=1S/C59H38/c1-58(2,3)34-26-27-36-41-28-29-42(39-19-12-20-40(53(39)41)46(36)31-34)56-35-15-5-4-14-33(35)30-47-48-32-52-55(44-21-13-22-45(54(44)48)57(47)56)43-18-8-11-25-51(43)59(52)49-23-9-6-16-37(49)38-17-7-10-24-50(38)59/h4-32H,1-3H3. The van der Waals surface area contributed by atoms with Gasteiger partial charge in [-0.3, -0.25) is 0 Å². The van der Waals surface area contributed by atoms with Crippen LogP contribution in [0.4, 0.5) is 0 Å². The quantitative estimate of drug-likeness (QED) is 0.157. The molecule has 59 heavy (non-hydrogen) atoms. The van der Waals surface area contributed by atoms with E-state index in [2.05, 4.69) is 197 Å². The van der Waals surface area contributed by atoms with Crippen molar-refractivity contribution in [3.8, 4) is 77.9 Å². The lowest BCUT2D eigenvalue weighted by Gasteiger charge is -2.30. The van der Waals surface area contributed by atoms with Crippen molar-refractivity contribution in [1.82, 2.24) is 0 Å². The Bertz CT molecular complexity index is 3540. The lowest BCUT2D eigenvalue weighted by molar-refractivity contribution is 0.590. The van der Waals surface area contributed by atoms with Crippen molar-refractivity contribution in [2.24, 2.45) is 0 Å². The first-order valence-electron chi connectivity index (χ1n) is 21.1. The summed E-state index contributed by atoms with van der Waals surface area (Å²) in [5.74, 6) is 0. The molecule has 0 fully saturated rings. The molecule has 0 bridgehead atoms. The normalized spacial score (nSPS) is 14.2. The SMILES string of the molecule is CC(C)(C)c1ccc2c(c1)-c1cccc3c(-c4c5c(cc6ccccc46)-c4cc6c(c7cccc-5c47)-c4ccccc4C64c5ccccc5-c5ccccc54)ccc-2c13. The van der Waals surface area contributed by atoms with Crippen LogP contribution in [0.25, 0.3) is 110 Å². The maximum Gasteiger partial charge on any atom is 0.0725 e. The monoisotopic (exact) mass is 746 g/mol. The van der Waals surface area contributed by atoms with Crippen molar-refractivity contribution in [2.45, 2.75) is 31.6 Å². The summed E-state index contributed by atoms with van der Waals surface area (Å²) in [7, 11) is 0. The number of hydrogen-bond donors (Lipinski definition) is 0. The summed E-state index contributed by atoms with van der Waals surface area (Å²) >= 11 is 0. The fourth-order valence-electron chi connectivity index (χ4n) is 12.1. The van der Waals surface area contributed by atoms with Crippen molar-refractivity contribution >= 4 is 32.3 Å². The summed E-state index contributed by atoms with van der Waals surface area (Å²) in [4.78, 5) is 0. The van der Waals surface area contributed by atoms with E-state index in [1.54, 1.807) is 0 Å². The molecule has 1 spiro atoms. The smallest absolute Gasteiger partial charge is 0.0619 e. The highest BCUT2D eigenvalue weighted by molar-refractivity contribution is 6.28. The van der Waals surface area contributed by atoms with Crippen LogP contribution < -0.4 is 0 Å². The Morgan fingerprint density at radius 3 is 1.63 bits per heavy atom. The Balaban J connectivity index is 1.09. The lowest BCUT2D eigenvalue weighted by Crippen LogP contribution is -2.25. The maximum atomic E-state index is 2.61. The zero-order valence-electron chi connectivity index (χ0n) is 33.2. The fourth-order valence-corrected chi connectivity index (χ4v) is 12.1. The molecule has 4 aliphatic rings. The van der Waals surface area contributed by atoms with Gasteiger partial charge in [-0.2, -0.15) is 0 Å². The second-order valence-corrected chi connectivity index (χ2v) is 18.3. The van der Waals surface area contributed by atoms with E-state index in [1.165, 1.54) is 138 Å². The minimum absolute atomic E-state index is 0.0782. The van der Waals surface area contributed by atoms with Crippen molar-refractivity contribution in [3.05, 3.63) is 204 Å². The number of fused-ring (bicyclic) bond motifs is 18. The van der Waals surface area contributed by atoms with Gasteiger partial charge in [0.25, 0.3) is 0 Å². The van der Waals surface area contributed by atoms with Gasteiger partial charge in [0.1, 0.15) is 0 Å². The Labute approximate surface area is 344 Å². The van der Waals surface area contributed by atoms with Gasteiger partial charge >= 0.3 is 0 Å². The molecule has 0 unspecified atom stereocenters. The van der Waals surface area contributed by atoms with Crippen molar-refractivity contribution in [2.75, 3.05) is 0 Å². The number of rotatable bonds is 1. The van der Waals surface area contributed by atoms with E-state index in [0.717, 1.165) is 0 Å². The Hall–Kier alpha value is -7.02. The molecule has 274 valence electrons. The summed E-state index contributed by atoms with van der Waals surface area (Å²) in [6.45, 7) is 6.94. The third-order valence-electron chi connectivity index (χ3n) is 14.5. The zero-order chi connectivity index (χ0) is 38.9. The van der Waals surface area contributed by atoms with E-state index in [0.29, 0.717) is 0 Å². The molecule has 0 N–H and O–H groups in total. The average molecular weight is 747 g/mol. The van der Waals surface area contributed by atoms with E-state index < -0.39 is 5.41 Å². The molecule has 0 atom stereocenters. The molecule has 0 nitrogen and oxygen atoms in total. The summed E-state index contributed by atoms with van der Waals surface area (Å²) in [5, 5.41) is 7.99. The minimum Gasteiger partial charge on any atom is -0.0619 e. The van der Waals surface area contributed by atoms with Gasteiger partial charge in [0.15, 0.2) is 0 Å². The Morgan fingerprint density at radius 1 is 0.305 bits per heavy atom. The molecule has 0 saturated carbocycles. The highest BCUT2D eigenvalue weighted by atomic mass is 14.5. The van der Waals surface area contributed by atoms with Crippen molar-refractivity contribution in [3.63, 3.8) is 0 Å². The van der Waals surface area contributed by atoms with Crippen LogP contribution in [0, 0.1) is 0 Å². The predicted molar refractivity (Wildman–Crippen MR) is 248 cm³/mol. The molecule has 0 heteroatoms. The van der Waals surface area contributed by atoms with E-state index in [4.69, 9.17) is 0 Å². The van der Waals surface area contributed by atoms with Gasteiger partial charge in [0.2, 0.25) is 0 Å². The van der Waals surface area contributed by atoms with Crippen LogP contribution in [-0.4, -0.2) is 0 Å². The largest absolute Gasteiger partial charge is 0.0725 e. The molecular formula is C59H38. The first kappa shape index (κ1) is 32.0. The van der Waals surface area contributed by atoms with Crippen LogP contribution in [0.15, 0.2) is 176 Å². The van der Waals surface area contributed by atoms with E-state index >= 15 is 0 Å². The van der Waals surface area contributed by atoms with Gasteiger partial charge in [-0.15, -0.1) is 0 Å². The zero-order valence-corrected chi connectivity index (χ0v) is 33.2. The average Bonchev–Trinajstić information content (AvgIpc) is 3.96. The van der Waals surface area contributed by atoms with Gasteiger partial charge in [-0.05, 0) is 162 Å². The highest BCUT2D eigenvalue weighted by Gasteiger charge is 2.52. The summed E-state index contributed by atoms with van der Waals surface area (Å²) in [6.07, 6.45) is 0. The second kappa shape index (κ2) is 10.7.